The van der Waals surface area contributed by atoms with Crippen LogP contribution in [0.25, 0.3) is 0 Å². The number of imide groups is 1. The lowest BCUT2D eigenvalue weighted by atomic mass is 9.81. The molecule has 0 aromatic heterocycles. The lowest BCUT2D eigenvalue weighted by molar-refractivity contribution is -0.384. The molecule has 4 atom stereocenters. The van der Waals surface area contributed by atoms with E-state index >= 15 is 0 Å². The van der Waals surface area contributed by atoms with Crippen molar-refractivity contribution in [2.75, 3.05) is 11.5 Å². The lowest BCUT2D eigenvalue weighted by Gasteiger charge is -2.20. The smallest absolute Gasteiger partial charge is 0.273 e. The number of carbonyl (C=O) groups excluding carboxylic acids is 3. The first-order valence-corrected chi connectivity index (χ1v) is 10.4. The first kappa shape index (κ1) is 20.3. The first-order chi connectivity index (χ1) is 15.3. The van der Waals surface area contributed by atoms with E-state index in [0.717, 1.165) is 42.4 Å². The van der Waals surface area contributed by atoms with Crippen LogP contribution in [0.4, 0.5) is 15.8 Å². The second-order valence-electron chi connectivity index (χ2n) is 8.52. The Kier molecular flexibility index (Phi) is 4.76. The molecule has 2 amide bonds. The van der Waals surface area contributed by atoms with Gasteiger partial charge in [-0.25, -0.2) is 9.29 Å². The topological polar surface area (TPSA) is 107 Å². The van der Waals surface area contributed by atoms with Crippen LogP contribution in [-0.4, -0.2) is 29.1 Å². The highest BCUT2D eigenvalue weighted by Gasteiger charge is 2.61. The summed E-state index contributed by atoms with van der Waals surface area (Å²) in [7, 11) is 0. The van der Waals surface area contributed by atoms with Crippen LogP contribution < -0.4 is 9.64 Å². The molecular formula is C23H19FN2O6. The molecule has 1 heterocycles. The monoisotopic (exact) mass is 438 g/mol. The average molecular weight is 438 g/mol. The van der Waals surface area contributed by atoms with Crippen molar-refractivity contribution in [1.82, 2.24) is 0 Å². The molecule has 2 bridgehead atoms. The summed E-state index contributed by atoms with van der Waals surface area (Å²) in [5, 5.41) is 11.3. The van der Waals surface area contributed by atoms with Gasteiger partial charge in [-0.15, -0.1) is 0 Å². The highest BCUT2D eigenvalue weighted by molar-refractivity contribution is 6.23. The molecular weight excluding hydrogens is 419 g/mol. The van der Waals surface area contributed by atoms with Crippen LogP contribution >= 0.6 is 0 Å². The van der Waals surface area contributed by atoms with Crippen LogP contribution in [-0.2, 0) is 9.59 Å². The normalized spacial score (nSPS) is 25.8. The van der Waals surface area contributed by atoms with Gasteiger partial charge < -0.3 is 4.74 Å². The van der Waals surface area contributed by atoms with Crippen molar-refractivity contribution < 1.29 is 28.4 Å². The number of nitro groups is 1. The van der Waals surface area contributed by atoms with E-state index in [1.165, 1.54) is 24.3 Å². The number of hydrogen-bond donors (Lipinski definition) is 0. The number of nitro benzene ring substituents is 1. The highest BCUT2D eigenvalue weighted by Crippen LogP contribution is 2.57. The fourth-order valence-corrected chi connectivity index (χ4v) is 5.43. The largest absolute Gasteiger partial charge is 0.483 e. The summed E-state index contributed by atoms with van der Waals surface area (Å²) in [5.74, 6) is -2.02. The molecule has 2 saturated carbocycles. The maximum atomic E-state index is 13.2. The molecule has 164 valence electrons. The van der Waals surface area contributed by atoms with Gasteiger partial charge in [0.1, 0.15) is 5.82 Å². The van der Waals surface area contributed by atoms with Gasteiger partial charge in [-0.3, -0.25) is 24.5 Å². The van der Waals surface area contributed by atoms with Gasteiger partial charge >= 0.3 is 0 Å². The molecule has 0 N–H and O–H groups in total. The molecule has 2 aliphatic carbocycles. The number of ether oxygens (including phenoxy) is 1. The Hall–Kier alpha value is -3.62. The predicted molar refractivity (Wildman–Crippen MR) is 110 cm³/mol. The molecule has 8 nitrogen and oxygen atoms in total. The van der Waals surface area contributed by atoms with E-state index in [4.69, 9.17) is 4.74 Å². The van der Waals surface area contributed by atoms with Gasteiger partial charge in [-0.1, -0.05) is 0 Å². The molecule has 1 saturated heterocycles. The molecule has 2 aromatic rings. The molecule has 2 aromatic carbocycles. The van der Waals surface area contributed by atoms with Crippen LogP contribution in [0.15, 0.2) is 42.5 Å². The van der Waals surface area contributed by atoms with Gasteiger partial charge in [0.15, 0.2) is 18.1 Å². The van der Waals surface area contributed by atoms with E-state index in [2.05, 4.69) is 0 Å². The van der Waals surface area contributed by atoms with E-state index in [9.17, 15) is 28.9 Å². The molecule has 1 aliphatic heterocycles. The third-order valence-electron chi connectivity index (χ3n) is 6.85. The Morgan fingerprint density at radius 3 is 2.28 bits per heavy atom. The summed E-state index contributed by atoms with van der Waals surface area (Å²) in [6.07, 6.45) is 2.74. The number of nitrogens with zero attached hydrogens (tertiary/aromatic N) is 2. The summed E-state index contributed by atoms with van der Waals surface area (Å²) in [6.45, 7) is -0.492. The van der Waals surface area contributed by atoms with Crippen molar-refractivity contribution in [2.24, 2.45) is 23.7 Å². The molecule has 3 aliphatic rings. The standard InChI is InChI=1S/C23H19FN2O6/c24-15-5-3-12(4-6-15)18(27)11-32-19-10-16(26(30)31)7-8-17(19)25-22(28)20-13-1-2-14(9-13)21(20)23(25)29/h3-8,10,13-14,20-21H,1-2,9,11H2/t13-,14-,20-,21-/m0/s1. The second-order valence-corrected chi connectivity index (χ2v) is 8.52. The minimum atomic E-state index is -0.624. The zero-order valence-corrected chi connectivity index (χ0v) is 16.9. The molecule has 3 fully saturated rings. The fourth-order valence-electron chi connectivity index (χ4n) is 5.43. The van der Waals surface area contributed by atoms with Crippen LogP contribution in [0.1, 0.15) is 29.6 Å². The van der Waals surface area contributed by atoms with Gasteiger partial charge in [0.05, 0.1) is 28.5 Å². The van der Waals surface area contributed by atoms with Crippen molar-refractivity contribution in [3.05, 3.63) is 64.0 Å². The van der Waals surface area contributed by atoms with Crippen molar-refractivity contribution in [3.63, 3.8) is 0 Å². The van der Waals surface area contributed by atoms with Crippen molar-refractivity contribution in [3.8, 4) is 5.75 Å². The van der Waals surface area contributed by atoms with Gasteiger partial charge in [-0.05, 0) is 61.4 Å². The fraction of sp³-hybridized carbons (Fsp3) is 0.348. The van der Waals surface area contributed by atoms with Crippen molar-refractivity contribution in [2.45, 2.75) is 19.3 Å². The molecule has 5 rings (SSSR count). The number of halogens is 1. The Morgan fingerprint density at radius 1 is 1.06 bits per heavy atom. The highest BCUT2D eigenvalue weighted by atomic mass is 19.1. The van der Waals surface area contributed by atoms with Gasteiger partial charge in [0.2, 0.25) is 11.8 Å². The molecule has 32 heavy (non-hydrogen) atoms. The van der Waals surface area contributed by atoms with E-state index in [-0.39, 0.29) is 58.2 Å². The Bertz CT molecular complexity index is 1120. The Balaban J connectivity index is 1.44. The van der Waals surface area contributed by atoms with Crippen LogP contribution in [0.5, 0.6) is 5.75 Å². The zero-order valence-electron chi connectivity index (χ0n) is 16.9. The van der Waals surface area contributed by atoms with Gasteiger partial charge in [0, 0.05) is 11.6 Å². The molecule has 0 unspecified atom stereocenters. The van der Waals surface area contributed by atoms with Crippen molar-refractivity contribution >= 4 is 29.0 Å². The number of amides is 2. The number of anilines is 1. The van der Waals surface area contributed by atoms with E-state index in [0.29, 0.717) is 0 Å². The van der Waals surface area contributed by atoms with Gasteiger partial charge in [0.25, 0.3) is 5.69 Å². The number of hydrogen-bond acceptors (Lipinski definition) is 6. The number of benzene rings is 2. The number of fused-ring (bicyclic) bond motifs is 5. The van der Waals surface area contributed by atoms with E-state index in [1.54, 1.807) is 0 Å². The summed E-state index contributed by atoms with van der Waals surface area (Å²) < 4.78 is 18.7. The third kappa shape index (κ3) is 3.16. The number of ketones is 1. The van der Waals surface area contributed by atoms with Crippen LogP contribution in [0, 0.1) is 39.6 Å². The number of Topliss-reactive ketones (excluding diaryl/α,β-unsaturated/α-hetero) is 1. The third-order valence-corrected chi connectivity index (χ3v) is 6.85. The second kappa shape index (κ2) is 7.51. The number of carbonyl (C=O) groups is 3. The molecule has 0 radical (unpaired) electrons. The maximum Gasteiger partial charge on any atom is 0.273 e. The Morgan fingerprint density at radius 2 is 1.69 bits per heavy atom. The SMILES string of the molecule is O=C(COc1cc([N+](=O)[O-])ccc1N1C(=O)[C@H]2[C@H]3CC[C@@H](C3)[C@@H]2C1=O)c1ccc(F)cc1. The van der Waals surface area contributed by atoms with Crippen LogP contribution in [0.2, 0.25) is 0 Å². The Labute approximate surface area is 182 Å². The summed E-state index contributed by atoms with van der Waals surface area (Å²) >= 11 is 0. The minimum absolute atomic E-state index is 0.0938. The summed E-state index contributed by atoms with van der Waals surface area (Å²) in [6, 6.07) is 8.51. The quantitative estimate of drug-likeness (QED) is 0.296. The predicted octanol–water partition coefficient (Wildman–Crippen LogP) is 3.53. The zero-order chi connectivity index (χ0) is 22.6. The molecule has 9 heteroatoms. The number of rotatable bonds is 6. The van der Waals surface area contributed by atoms with Crippen LogP contribution in [0.3, 0.4) is 0 Å². The first-order valence-electron chi connectivity index (χ1n) is 10.4. The number of non-ortho nitro benzene ring substituents is 1. The minimum Gasteiger partial charge on any atom is -0.483 e. The summed E-state index contributed by atoms with van der Waals surface area (Å²) in [4.78, 5) is 50.5. The average Bonchev–Trinajstić information content (AvgIpc) is 3.46. The maximum absolute atomic E-state index is 13.2. The lowest BCUT2D eigenvalue weighted by Crippen LogP contribution is -2.33. The molecule has 0 spiro atoms. The van der Waals surface area contributed by atoms with E-state index in [1.807, 2.05) is 0 Å². The summed E-state index contributed by atoms with van der Waals surface area (Å²) in [5.41, 5.74) is 0.0152. The van der Waals surface area contributed by atoms with E-state index < -0.39 is 23.1 Å². The van der Waals surface area contributed by atoms with Crippen molar-refractivity contribution in [1.29, 1.82) is 0 Å². The van der Waals surface area contributed by atoms with Gasteiger partial charge in [-0.2, -0.15) is 0 Å².